The summed E-state index contributed by atoms with van der Waals surface area (Å²) >= 11 is 0. The van der Waals surface area contributed by atoms with Gasteiger partial charge in [-0.1, -0.05) is 5.16 Å². The highest BCUT2D eigenvalue weighted by Crippen LogP contribution is 2.34. The van der Waals surface area contributed by atoms with Crippen molar-refractivity contribution >= 4 is 5.91 Å². The van der Waals surface area contributed by atoms with E-state index in [9.17, 15) is 4.79 Å². The largest absolute Gasteiger partial charge is 0.372 e. The highest BCUT2D eigenvalue weighted by Gasteiger charge is 2.43. The number of ether oxygens (including phenoxy) is 1. The predicted octanol–water partition coefficient (Wildman–Crippen LogP) is 0.640. The van der Waals surface area contributed by atoms with E-state index in [4.69, 9.17) is 9.26 Å². The number of hydrogen-bond acceptors (Lipinski definition) is 7. The molecular weight excluding hydrogens is 298 g/mol. The van der Waals surface area contributed by atoms with Crippen LogP contribution in [0, 0.1) is 12.8 Å². The summed E-state index contributed by atoms with van der Waals surface area (Å²) in [5.74, 6) is 1.61. The minimum atomic E-state index is -0.0121. The van der Waals surface area contributed by atoms with Gasteiger partial charge >= 0.3 is 0 Å². The van der Waals surface area contributed by atoms with E-state index in [1.807, 2.05) is 4.90 Å². The van der Waals surface area contributed by atoms with Gasteiger partial charge in [0.25, 0.3) is 5.91 Å². The van der Waals surface area contributed by atoms with Gasteiger partial charge in [-0.3, -0.25) is 4.79 Å². The number of aromatic nitrogens is 4. The molecule has 8 heteroatoms. The fourth-order valence-corrected chi connectivity index (χ4v) is 3.38. The molecule has 0 spiro atoms. The van der Waals surface area contributed by atoms with Crippen LogP contribution >= 0.6 is 0 Å². The normalized spacial score (nSPS) is 26.5. The molecule has 2 saturated heterocycles. The summed E-state index contributed by atoms with van der Waals surface area (Å²) in [4.78, 5) is 18.5. The highest BCUT2D eigenvalue weighted by atomic mass is 16.5. The number of amides is 1. The summed E-state index contributed by atoms with van der Waals surface area (Å²) in [7, 11) is 0. The molecule has 2 aliphatic rings. The summed E-state index contributed by atoms with van der Waals surface area (Å²) in [6.07, 6.45) is 4.74. The van der Waals surface area contributed by atoms with E-state index < -0.39 is 0 Å². The molecule has 0 saturated carbocycles. The van der Waals surface area contributed by atoms with E-state index in [1.54, 1.807) is 13.0 Å². The number of aryl methyl sites for hydroxylation is 1. The number of fused-ring (bicyclic) bond motifs is 1. The highest BCUT2D eigenvalue weighted by molar-refractivity contribution is 5.94. The molecule has 0 radical (unpaired) electrons. The van der Waals surface area contributed by atoms with Crippen LogP contribution in [0.3, 0.4) is 0 Å². The number of nitrogens with zero attached hydrogens (tertiary/aromatic N) is 5. The Balaban J connectivity index is 1.36. The monoisotopic (exact) mass is 315 g/mol. The fourth-order valence-electron chi connectivity index (χ4n) is 3.38. The van der Waals surface area contributed by atoms with E-state index in [0.717, 1.165) is 6.42 Å². The van der Waals surface area contributed by atoms with Crippen LogP contribution in [0.4, 0.5) is 0 Å². The van der Waals surface area contributed by atoms with Crippen molar-refractivity contribution in [2.75, 3.05) is 13.1 Å². The van der Waals surface area contributed by atoms with Crippen LogP contribution in [-0.2, 0) is 11.2 Å². The first-order chi connectivity index (χ1) is 11.2. The second-order valence-corrected chi connectivity index (χ2v) is 6.07. The molecule has 2 aliphatic heterocycles. The van der Waals surface area contributed by atoms with Crippen LogP contribution in [0.1, 0.15) is 28.5 Å². The van der Waals surface area contributed by atoms with Crippen LogP contribution in [0.25, 0.3) is 0 Å². The van der Waals surface area contributed by atoms with Crippen LogP contribution in [-0.4, -0.2) is 56.4 Å². The average molecular weight is 315 g/mol. The van der Waals surface area contributed by atoms with Gasteiger partial charge in [-0.15, -0.1) is 0 Å². The van der Waals surface area contributed by atoms with Crippen molar-refractivity contribution in [2.24, 2.45) is 5.92 Å². The van der Waals surface area contributed by atoms with Crippen molar-refractivity contribution in [2.45, 2.75) is 32.0 Å². The molecule has 120 valence electrons. The second kappa shape index (κ2) is 5.69. The van der Waals surface area contributed by atoms with Crippen molar-refractivity contribution in [3.63, 3.8) is 0 Å². The molecule has 4 rings (SSSR count). The molecule has 0 aliphatic carbocycles. The Hall–Kier alpha value is -2.35. The van der Waals surface area contributed by atoms with Gasteiger partial charge < -0.3 is 14.2 Å². The lowest BCUT2D eigenvalue weighted by molar-refractivity contribution is 0.0330. The van der Waals surface area contributed by atoms with E-state index in [1.165, 1.54) is 12.4 Å². The number of likely N-dealkylation sites (tertiary alicyclic amines) is 1. The average Bonchev–Trinajstić information content (AvgIpc) is 3.22. The molecule has 2 fully saturated rings. The summed E-state index contributed by atoms with van der Waals surface area (Å²) in [6, 6.07) is 1.69. The zero-order valence-corrected chi connectivity index (χ0v) is 12.8. The molecule has 1 amide bonds. The van der Waals surface area contributed by atoms with Crippen molar-refractivity contribution < 1.29 is 14.1 Å². The molecule has 0 aromatic carbocycles. The van der Waals surface area contributed by atoms with Gasteiger partial charge in [0, 0.05) is 19.0 Å². The number of carbonyl (C=O) groups excluding carboxylic acids is 1. The van der Waals surface area contributed by atoms with E-state index >= 15 is 0 Å². The zero-order chi connectivity index (χ0) is 15.8. The lowest BCUT2D eigenvalue weighted by Gasteiger charge is -2.18. The molecule has 0 unspecified atom stereocenters. The Labute approximate surface area is 132 Å². The van der Waals surface area contributed by atoms with E-state index in [2.05, 4.69) is 20.3 Å². The van der Waals surface area contributed by atoms with Crippen molar-refractivity contribution in [1.82, 2.24) is 25.2 Å². The van der Waals surface area contributed by atoms with Gasteiger partial charge in [0.05, 0.1) is 36.6 Å². The van der Waals surface area contributed by atoms with Gasteiger partial charge in [0.1, 0.15) is 0 Å². The van der Waals surface area contributed by atoms with Crippen LogP contribution < -0.4 is 0 Å². The smallest absolute Gasteiger partial charge is 0.255 e. The molecule has 2 aromatic rings. The van der Waals surface area contributed by atoms with Gasteiger partial charge in [0.15, 0.2) is 5.82 Å². The standard InChI is InChI=1S/C15H17N5O3/c1-9-18-14(23-19-9)5-12-4-11-7-20(8-13(11)22-12)15(21)10-2-3-16-17-6-10/h2-3,6,11-13H,4-5,7-8H2,1H3/t11-,12-,13+/m0/s1. The lowest BCUT2D eigenvalue weighted by Crippen LogP contribution is -2.31. The number of carbonyl (C=O) groups is 1. The SMILES string of the molecule is Cc1noc(C[C@@H]2C[C@H]3CN(C(=O)c4ccnnc4)C[C@H]3O2)n1. The second-order valence-electron chi connectivity index (χ2n) is 6.07. The quantitative estimate of drug-likeness (QED) is 0.820. The molecule has 4 heterocycles. The maximum atomic E-state index is 12.4. The third kappa shape index (κ3) is 2.81. The summed E-state index contributed by atoms with van der Waals surface area (Å²) in [5.41, 5.74) is 0.567. The van der Waals surface area contributed by atoms with Crippen molar-refractivity contribution in [3.8, 4) is 0 Å². The number of rotatable bonds is 3. The molecular formula is C15H17N5O3. The number of hydrogen-bond donors (Lipinski definition) is 0. The minimum Gasteiger partial charge on any atom is -0.372 e. The van der Waals surface area contributed by atoms with Gasteiger partial charge in [-0.05, 0) is 19.4 Å². The topological polar surface area (TPSA) is 94.2 Å². The zero-order valence-electron chi connectivity index (χ0n) is 12.8. The summed E-state index contributed by atoms with van der Waals surface area (Å²) < 4.78 is 11.2. The van der Waals surface area contributed by atoms with Gasteiger partial charge in [0.2, 0.25) is 5.89 Å². The first-order valence-electron chi connectivity index (χ1n) is 7.69. The third-order valence-corrected chi connectivity index (χ3v) is 4.40. The summed E-state index contributed by atoms with van der Waals surface area (Å²) in [5, 5.41) is 11.3. The van der Waals surface area contributed by atoms with Gasteiger partial charge in [-0.25, -0.2) is 0 Å². The molecule has 8 nitrogen and oxygen atoms in total. The van der Waals surface area contributed by atoms with E-state index in [-0.39, 0.29) is 18.1 Å². The molecule has 0 N–H and O–H groups in total. The van der Waals surface area contributed by atoms with Crippen molar-refractivity contribution in [1.29, 1.82) is 0 Å². The Bertz CT molecular complexity index is 690. The van der Waals surface area contributed by atoms with Crippen molar-refractivity contribution in [3.05, 3.63) is 35.7 Å². The minimum absolute atomic E-state index is 0.0121. The molecule has 0 bridgehead atoms. The van der Waals surface area contributed by atoms with E-state index in [0.29, 0.717) is 42.7 Å². The van der Waals surface area contributed by atoms with Crippen LogP contribution in [0.15, 0.2) is 23.0 Å². The first-order valence-corrected chi connectivity index (χ1v) is 7.69. The molecule has 3 atom stereocenters. The third-order valence-electron chi connectivity index (χ3n) is 4.40. The lowest BCUT2D eigenvalue weighted by atomic mass is 10.0. The Morgan fingerprint density at radius 3 is 3.00 bits per heavy atom. The van der Waals surface area contributed by atoms with Crippen LogP contribution in [0.5, 0.6) is 0 Å². The summed E-state index contributed by atoms with van der Waals surface area (Å²) in [6.45, 7) is 3.13. The maximum Gasteiger partial charge on any atom is 0.255 e. The Kier molecular flexibility index (Phi) is 3.53. The van der Waals surface area contributed by atoms with Gasteiger partial charge in [-0.2, -0.15) is 15.2 Å². The predicted molar refractivity (Wildman–Crippen MR) is 77.4 cm³/mol. The Morgan fingerprint density at radius 2 is 2.30 bits per heavy atom. The fraction of sp³-hybridized carbons (Fsp3) is 0.533. The molecule has 23 heavy (non-hydrogen) atoms. The Morgan fingerprint density at radius 1 is 1.39 bits per heavy atom. The maximum absolute atomic E-state index is 12.4. The first kappa shape index (κ1) is 14.3. The van der Waals surface area contributed by atoms with Crippen LogP contribution in [0.2, 0.25) is 0 Å². The molecule has 2 aromatic heterocycles.